The van der Waals surface area contributed by atoms with Gasteiger partial charge in [-0.05, 0) is 19.3 Å². The van der Waals surface area contributed by atoms with Gasteiger partial charge in [0.25, 0.3) is 0 Å². The Balaban J connectivity index is 1.59. The molecule has 2 aliphatic heterocycles. The summed E-state index contributed by atoms with van der Waals surface area (Å²) in [4.78, 5) is 4.61. The van der Waals surface area contributed by atoms with Gasteiger partial charge in [0.2, 0.25) is 0 Å². The van der Waals surface area contributed by atoms with E-state index in [4.69, 9.17) is 14.2 Å². The highest BCUT2D eigenvalue weighted by molar-refractivity contribution is 8.14. The summed E-state index contributed by atoms with van der Waals surface area (Å²) in [6.45, 7) is 4.65. The number of aliphatic imine (C=N–C) groups is 1. The molecule has 5 nitrogen and oxygen atoms in total. The highest BCUT2D eigenvalue weighted by Crippen LogP contribution is 2.31. The molecule has 0 aliphatic carbocycles. The van der Waals surface area contributed by atoms with Crippen molar-refractivity contribution >= 4 is 16.9 Å². The van der Waals surface area contributed by atoms with Crippen LogP contribution in [0.5, 0.6) is 0 Å². The summed E-state index contributed by atoms with van der Waals surface area (Å²) in [5, 5.41) is 4.69. The van der Waals surface area contributed by atoms with Crippen molar-refractivity contribution in [2.24, 2.45) is 4.99 Å². The largest absolute Gasteiger partial charge is 0.382 e. The van der Waals surface area contributed by atoms with E-state index >= 15 is 0 Å². The lowest BCUT2D eigenvalue weighted by molar-refractivity contribution is 0.0555. The van der Waals surface area contributed by atoms with Crippen LogP contribution in [0.2, 0.25) is 0 Å². The molecular formula is C13H24N2O3S. The lowest BCUT2D eigenvalue weighted by atomic mass is 9.93. The van der Waals surface area contributed by atoms with Gasteiger partial charge in [0.1, 0.15) is 0 Å². The molecule has 6 heteroatoms. The standard InChI is InChI=1S/C13H24N2O3S/c1-16-9-10-17-6-2-5-14-12-15-13(11-19-12)3-7-18-8-4-13/h2-11H2,1H3,(H,14,15). The zero-order valence-electron chi connectivity index (χ0n) is 11.7. The van der Waals surface area contributed by atoms with Crippen LogP contribution in [0.15, 0.2) is 4.99 Å². The molecule has 1 N–H and O–H groups in total. The minimum Gasteiger partial charge on any atom is -0.382 e. The third kappa shape index (κ3) is 4.95. The SMILES string of the molecule is COCCOCCCN=C1NC2(CCOCC2)CS1. The van der Waals surface area contributed by atoms with Crippen molar-refractivity contribution in [2.45, 2.75) is 24.8 Å². The van der Waals surface area contributed by atoms with Crippen molar-refractivity contribution in [3.8, 4) is 0 Å². The summed E-state index contributed by atoms with van der Waals surface area (Å²) in [6.07, 6.45) is 3.16. The average molecular weight is 288 g/mol. The smallest absolute Gasteiger partial charge is 0.157 e. The minimum atomic E-state index is 0.247. The first kappa shape index (κ1) is 15.1. The number of hydrogen-bond donors (Lipinski definition) is 1. The number of rotatable bonds is 7. The van der Waals surface area contributed by atoms with Crippen LogP contribution in [0.1, 0.15) is 19.3 Å². The van der Waals surface area contributed by atoms with E-state index < -0.39 is 0 Å². The van der Waals surface area contributed by atoms with E-state index in [1.54, 1.807) is 7.11 Å². The van der Waals surface area contributed by atoms with Crippen LogP contribution in [-0.4, -0.2) is 63.1 Å². The molecule has 0 unspecified atom stereocenters. The molecule has 2 fully saturated rings. The third-order valence-corrected chi connectivity index (χ3v) is 4.64. The fourth-order valence-corrected chi connectivity index (χ4v) is 3.46. The Morgan fingerprint density at radius 1 is 1.32 bits per heavy atom. The van der Waals surface area contributed by atoms with Crippen molar-refractivity contribution < 1.29 is 14.2 Å². The summed E-state index contributed by atoms with van der Waals surface area (Å²) < 4.78 is 15.7. The Morgan fingerprint density at radius 2 is 2.16 bits per heavy atom. The summed E-state index contributed by atoms with van der Waals surface area (Å²) >= 11 is 1.84. The number of nitrogens with zero attached hydrogens (tertiary/aromatic N) is 1. The second kappa shape index (κ2) is 8.09. The Morgan fingerprint density at radius 3 is 2.95 bits per heavy atom. The van der Waals surface area contributed by atoms with Crippen LogP contribution in [0.25, 0.3) is 0 Å². The normalized spacial score (nSPS) is 23.9. The molecule has 2 aliphatic rings. The maximum Gasteiger partial charge on any atom is 0.157 e. The molecule has 1 spiro atoms. The van der Waals surface area contributed by atoms with E-state index in [-0.39, 0.29) is 5.54 Å². The molecule has 0 atom stereocenters. The molecule has 0 aromatic heterocycles. The van der Waals surface area contributed by atoms with Gasteiger partial charge in [0.05, 0.1) is 18.8 Å². The number of hydrogen-bond acceptors (Lipinski definition) is 5. The highest BCUT2D eigenvalue weighted by Gasteiger charge is 2.38. The first-order chi connectivity index (χ1) is 9.35. The number of methoxy groups -OCH3 is 1. The average Bonchev–Trinajstić information content (AvgIpc) is 2.81. The summed E-state index contributed by atoms with van der Waals surface area (Å²) in [5.74, 6) is 1.12. The van der Waals surface area contributed by atoms with Crippen molar-refractivity contribution in [3.63, 3.8) is 0 Å². The number of nitrogens with one attached hydrogen (secondary N) is 1. The van der Waals surface area contributed by atoms with Crippen LogP contribution >= 0.6 is 11.8 Å². The van der Waals surface area contributed by atoms with Crippen LogP contribution in [0.3, 0.4) is 0 Å². The van der Waals surface area contributed by atoms with Gasteiger partial charge in [-0.25, -0.2) is 0 Å². The fourth-order valence-electron chi connectivity index (χ4n) is 2.21. The summed E-state index contributed by atoms with van der Waals surface area (Å²) in [5.41, 5.74) is 0.247. The van der Waals surface area contributed by atoms with Crippen LogP contribution < -0.4 is 5.32 Å². The molecule has 0 radical (unpaired) electrons. The predicted molar refractivity (Wildman–Crippen MR) is 78.0 cm³/mol. The van der Waals surface area contributed by atoms with E-state index in [0.717, 1.165) is 56.5 Å². The Kier molecular flexibility index (Phi) is 6.43. The zero-order chi connectivity index (χ0) is 13.4. The lowest BCUT2D eigenvalue weighted by Crippen LogP contribution is -2.48. The van der Waals surface area contributed by atoms with Gasteiger partial charge in [-0.2, -0.15) is 0 Å². The summed E-state index contributed by atoms with van der Waals surface area (Å²) in [7, 11) is 1.68. The maximum absolute atomic E-state index is 5.42. The Labute approximate surface area is 119 Å². The molecular weight excluding hydrogens is 264 g/mol. The van der Waals surface area contributed by atoms with Gasteiger partial charge in [-0.1, -0.05) is 11.8 Å². The third-order valence-electron chi connectivity index (χ3n) is 3.44. The van der Waals surface area contributed by atoms with Gasteiger partial charge >= 0.3 is 0 Å². The topological polar surface area (TPSA) is 52.1 Å². The molecule has 2 rings (SSSR count). The van der Waals surface area contributed by atoms with Crippen LogP contribution in [0.4, 0.5) is 0 Å². The maximum atomic E-state index is 5.42. The van der Waals surface area contributed by atoms with E-state index in [1.165, 1.54) is 0 Å². The molecule has 0 saturated carbocycles. The number of ether oxygens (including phenoxy) is 3. The van der Waals surface area contributed by atoms with Gasteiger partial charge in [-0.15, -0.1) is 0 Å². The number of thioether (sulfide) groups is 1. The van der Waals surface area contributed by atoms with Gasteiger partial charge in [0.15, 0.2) is 5.17 Å². The molecule has 2 heterocycles. The lowest BCUT2D eigenvalue weighted by Gasteiger charge is -2.32. The molecule has 0 aromatic carbocycles. The number of amidine groups is 1. The Bertz CT molecular complexity index is 294. The highest BCUT2D eigenvalue weighted by atomic mass is 32.2. The van der Waals surface area contributed by atoms with E-state index in [0.29, 0.717) is 13.2 Å². The van der Waals surface area contributed by atoms with Crippen LogP contribution in [0, 0.1) is 0 Å². The minimum absolute atomic E-state index is 0.247. The fraction of sp³-hybridized carbons (Fsp3) is 0.923. The van der Waals surface area contributed by atoms with Crippen molar-refractivity contribution in [1.29, 1.82) is 0 Å². The van der Waals surface area contributed by atoms with Crippen molar-refractivity contribution in [2.75, 3.05) is 52.4 Å². The van der Waals surface area contributed by atoms with Crippen molar-refractivity contribution in [1.82, 2.24) is 5.32 Å². The quantitative estimate of drug-likeness (QED) is 0.715. The second-order valence-electron chi connectivity index (χ2n) is 4.95. The summed E-state index contributed by atoms with van der Waals surface area (Å²) in [6, 6.07) is 0. The molecule has 0 amide bonds. The monoisotopic (exact) mass is 288 g/mol. The molecule has 110 valence electrons. The second-order valence-corrected chi connectivity index (χ2v) is 5.92. The van der Waals surface area contributed by atoms with E-state index in [9.17, 15) is 0 Å². The van der Waals surface area contributed by atoms with Gasteiger partial charge in [0, 0.05) is 39.2 Å². The Hall–Kier alpha value is -0.300. The molecule has 0 aromatic rings. The predicted octanol–water partition coefficient (Wildman–Crippen LogP) is 1.28. The first-order valence-electron chi connectivity index (χ1n) is 6.94. The molecule has 19 heavy (non-hydrogen) atoms. The first-order valence-corrected chi connectivity index (χ1v) is 7.93. The van der Waals surface area contributed by atoms with Gasteiger partial charge < -0.3 is 19.5 Å². The van der Waals surface area contributed by atoms with Gasteiger partial charge in [-0.3, -0.25) is 4.99 Å². The zero-order valence-corrected chi connectivity index (χ0v) is 12.5. The van der Waals surface area contributed by atoms with E-state index in [1.807, 2.05) is 11.8 Å². The molecule has 2 saturated heterocycles. The van der Waals surface area contributed by atoms with Crippen molar-refractivity contribution in [3.05, 3.63) is 0 Å². The molecule has 0 bridgehead atoms. The van der Waals surface area contributed by atoms with E-state index in [2.05, 4.69) is 10.3 Å². The van der Waals surface area contributed by atoms with Crippen LogP contribution in [-0.2, 0) is 14.2 Å².